The van der Waals surface area contributed by atoms with E-state index in [0.29, 0.717) is 0 Å². The van der Waals surface area contributed by atoms with Gasteiger partial charge in [0.05, 0.1) is 23.2 Å². The molecule has 1 aromatic carbocycles. The minimum Gasteiger partial charge on any atom is -0.466 e. The highest BCUT2D eigenvalue weighted by Gasteiger charge is 2.25. The molecule has 1 heterocycles. The Morgan fingerprint density at radius 1 is 1.28 bits per heavy atom. The number of ether oxygens (including phenoxy) is 1. The summed E-state index contributed by atoms with van der Waals surface area (Å²) in [5, 5.41) is 14.8. The molecule has 0 N–H and O–H groups in total. The molecule has 0 aliphatic carbocycles. The van der Waals surface area contributed by atoms with Gasteiger partial charge in [-0.25, -0.2) is 9.99 Å². The summed E-state index contributed by atoms with van der Waals surface area (Å²) in [7, 11) is 1.26. The quantitative estimate of drug-likeness (QED) is 0.271. The number of rotatable bonds is 9. The molecule has 11 heteroatoms. The third-order valence-electron chi connectivity index (χ3n) is 3.91. The second kappa shape index (κ2) is 9.88. The van der Waals surface area contributed by atoms with Crippen LogP contribution in [0.4, 0.5) is 17.2 Å². The lowest BCUT2D eigenvalue weighted by molar-refractivity contribution is -0.384. The summed E-state index contributed by atoms with van der Waals surface area (Å²) >= 11 is 0. The van der Waals surface area contributed by atoms with Crippen LogP contribution in [0.5, 0.6) is 0 Å². The van der Waals surface area contributed by atoms with E-state index in [1.54, 1.807) is 25.1 Å². The predicted octanol–water partition coefficient (Wildman–Crippen LogP) is 2.71. The standard InChI is InChI=1S/C18H19N5O6/c1-3-29-17(24)9-11-22(16-6-4-5-10-19-16)18(25)13-7-8-14(21(2)20-26)15(12-13)23(27)28/h4-8,10,12H,3,9,11H2,1-2H3. The summed E-state index contributed by atoms with van der Waals surface area (Å²) in [5.74, 6) is -0.800. The van der Waals surface area contributed by atoms with Crippen molar-refractivity contribution >= 4 is 29.1 Å². The van der Waals surface area contributed by atoms with Crippen molar-refractivity contribution in [1.29, 1.82) is 0 Å². The number of hydrogen-bond donors (Lipinski definition) is 0. The molecule has 0 fully saturated rings. The highest BCUT2D eigenvalue weighted by molar-refractivity contribution is 6.06. The highest BCUT2D eigenvalue weighted by Crippen LogP contribution is 2.29. The number of anilines is 2. The van der Waals surface area contributed by atoms with Gasteiger partial charge in [-0.05, 0) is 31.2 Å². The van der Waals surface area contributed by atoms with E-state index in [2.05, 4.69) is 10.3 Å². The van der Waals surface area contributed by atoms with Gasteiger partial charge in [0.25, 0.3) is 11.6 Å². The number of amides is 1. The predicted molar refractivity (Wildman–Crippen MR) is 104 cm³/mol. The zero-order valence-electron chi connectivity index (χ0n) is 15.8. The molecule has 0 radical (unpaired) electrons. The number of hydrogen-bond acceptors (Lipinski definition) is 8. The number of esters is 1. The molecular weight excluding hydrogens is 382 g/mol. The molecule has 11 nitrogen and oxygen atoms in total. The summed E-state index contributed by atoms with van der Waals surface area (Å²) in [5.41, 5.74) is -0.518. The van der Waals surface area contributed by atoms with Gasteiger partial charge in [-0.2, -0.15) is 0 Å². The average Bonchev–Trinajstić information content (AvgIpc) is 2.73. The topological polar surface area (TPSA) is 135 Å². The normalized spacial score (nSPS) is 10.1. The zero-order valence-corrected chi connectivity index (χ0v) is 15.8. The first-order valence-corrected chi connectivity index (χ1v) is 8.63. The summed E-state index contributed by atoms with van der Waals surface area (Å²) in [6.45, 7) is 1.85. The van der Waals surface area contributed by atoms with Crippen LogP contribution in [-0.4, -0.2) is 42.0 Å². The molecule has 2 rings (SSSR count). The lowest BCUT2D eigenvalue weighted by Crippen LogP contribution is -2.34. The van der Waals surface area contributed by atoms with Gasteiger partial charge in [0, 0.05) is 31.4 Å². The Balaban J connectivity index is 2.39. The molecule has 2 aromatic rings. The second-order valence-corrected chi connectivity index (χ2v) is 5.77. The number of nitrogens with zero attached hydrogens (tertiary/aromatic N) is 5. The molecule has 1 amide bonds. The fraction of sp³-hybridized carbons (Fsp3) is 0.278. The molecule has 0 aliphatic heterocycles. The molecule has 0 saturated heterocycles. The Hall–Kier alpha value is -3.89. The highest BCUT2D eigenvalue weighted by atomic mass is 16.6. The van der Waals surface area contributed by atoms with Gasteiger partial charge >= 0.3 is 5.97 Å². The number of nitro groups is 1. The largest absolute Gasteiger partial charge is 0.466 e. The van der Waals surface area contributed by atoms with E-state index in [9.17, 15) is 24.6 Å². The Morgan fingerprint density at radius 3 is 2.62 bits per heavy atom. The van der Waals surface area contributed by atoms with Crippen molar-refractivity contribution in [3.05, 3.63) is 63.2 Å². The number of nitro benzene ring substituents is 1. The smallest absolute Gasteiger partial charge is 0.307 e. The van der Waals surface area contributed by atoms with E-state index >= 15 is 0 Å². The van der Waals surface area contributed by atoms with Crippen LogP contribution >= 0.6 is 0 Å². The Kier molecular flexibility index (Phi) is 7.29. The molecule has 152 valence electrons. The van der Waals surface area contributed by atoms with Gasteiger partial charge in [0.15, 0.2) is 0 Å². The summed E-state index contributed by atoms with van der Waals surface area (Å²) in [6, 6.07) is 8.57. The first-order valence-electron chi connectivity index (χ1n) is 8.63. The molecule has 0 saturated carbocycles. The van der Waals surface area contributed by atoms with E-state index < -0.39 is 22.5 Å². The third kappa shape index (κ3) is 5.31. The average molecular weight is 401 g/mol. The molecule has 0 spiro atoms. The van der Waals surface area contributed by atoms with E-state index in [-0.39, 0.29) is 36.6 Å². The van der Waals surface area contributed by atoms with Crippen molar-refractivity contribution in [2.24, 2.45) is 5.29 Å². The van der Waals surface area contributed by atoms with E-state index in [4.69, 9.17) is 4.74 Å². The van der Waals surface area contributed by atoms with Gasteiger partial charge in [0.2, 0.25) is 0 Å². The summed E-state index contributed by atoms with van der Waals surface area (Å²) in [4.78, 5) is 51.5. The van der Waals surface area contributed by atoms with Crippen molar-refractivity contribution < 1.29 is 19.2 Å². The van der Waals surface area contributed by atoms with E-state index in [1.165, 1.54) is 30.3 Å². The van der Waals surface area contributed by atoms with Crippen LogP contribution in [0, 0.1) is 15.0 Å². The molecule has 0 aliphatic rings. The monoisotopic (exact) mass is 401 g/mol. The first-order chi connectivity index (χ1) is 13.9. The minimum atomic E-state index is -0.711. The van der Waals surface area contributed by atoms with E-state index in [1.807, 2.05) is 0 Å². The van der Waals surface area contributed by atoms with Crippen molar-refractivity contribution in [2.45, 2.75) is 13.3 Å². The minimum absolute atomic E-state index is 0.00531. The lowest BCUT2D eigenvalue weighted by Gasteiger charge is -2.21. The number of pyridine rings is 1. The van der Waals surface area contributed by atoms with Crippen molar-refractivity contribution in [2.75, 3.05) is 30.1 Å². The molecule has 0 atom stereocenters. The van der Waals surface area contributed by atoms with Gasteiger partial charge < -0.3 is 4.74 Å². The zero-order chi connectivity index (χ0) is 21.4. The Labute approximate surface area is 166 Å². The van der Waals surface area contributed by atoms with Crippen LogP contribution in [0.1, 0.15) is 23.7 Å². The van der Waals surface area contributed by atoms with Crippen LogP contribution in [0.2, 0.25) is 0 Å². The van der Waals surface area contributed by atoms with Gasteiger partial charge in [-0.3, -0.25) is 24.6 Å². The van der Waals surface area contributed by atoms with Crippen LogP contribution in [-0.2, 0) is 9.53 Å². The molecule has 0 bridgehead atoms. The van der Waals surface area contributed by atoms with Crippen LogP contribution < -0.4 is 9.91 Å². The molecule has 0 unspecified atom stereocenters. The van der Waals surface area contributed by atoms with Crippen molar-refractivity contribution in [1.82, 2.24) is 4.98 Å². The van der Waals surface area contributed by atoms with Gasteiger partial charge in [-0.15, -0.1) is 4.91 Å². The fourth-order valence-corrected chi connectivity index (χ4v) is 2.55. The number of carbonyl (C=O) groups is 2. The van der Waals surface area contributed by atoms with Gasteiger partial charge in [-0.1, -0.05) is 6.07 Å². The molecule has 29 heavy (non-hydrogen) atoms. The first kappa shape index (κ1) is 21.4. The SMILES string of the molecule is CCOC(=O)CCN(C(=O)c1ccc(N(C)N=O)c([N+](=O)[O-])c1)c1ccccn1. The Morgan fingerprint density at radius 2 is 2.03 bits per heavy atom. The van der Waals surface area contributed by atoms with Crippen LogP contribution in [0.25, 0.3) is 0 Å². The van der Waals surface area contributed by atoms with Crippen molar-refractivity contribution in [3.63, 3.8) is 0 Å². The number of benzene rings is 1. The maximum Gasteiger partial charge on any atom is 0.307 e. The maximum atomic E-state index is 13.1. The fourth-order valence-electron chi connectivity index (χ4n) is 2.55. The molecular formula is C18H19N5O6. The van der Waals surface area contributed by atoms with Crippen molar-refractivity contribution in [3.8, 4) is 0 Å². The van der Waals surface area contributed by atoms with Crippen LogP contribution in [0.15, 0.2) is 47.9 Å². The van der Waals surface area contributed by atoms with E-state index in [0.717, 1.165) is 11.1 Å². The number of carbonyl (C=O) groups excluding carboxylic acids is 2. The Bertz CT molecular complexity index is 905. The lowest BCUT2D eigenvalue weighted by atomic mass is 10.1. The second-order valence-electron chi connectivity index (χ2n) is 5.77. The summed E-state index contributed by atoms with van der Waals surface area (Å²) < 4.78 is 4.89. The third-order valence-corrected chi connectivity index (χ3v) is 3.91. The maximum absolute atomic E-state index is 13.1. The molecule has 1 aromatic heterocycles. The summed E-state index contributed by atoms with van der Waals surface area (Å²) in [6.07, 6.45) is 1.41. The van der Waals surface area contributed by atoms with Gasteiger partial charge in [0.1, 0.15) is 11.5 Å². The number of nitroso groups, excluding NO2 is 1. The number of aromatic nitrogens is 1. The van der Waals surface area contributed by atoms with Crippen LogP contribution in [0.3, 0.4) is 0 Å².